The summed E-state index contributed by atoms with van der Waals surface area (Å²) in [5, 5.41) is 18.1. The number of allylic oxidation sites excluding steroid dienone is 1. The summed E-state index contributed by atoms with van der Waals surface area (Å²) in [6, 6.07) is 22.2. The van der Waals surface area contributed by atoms with Crippen LogP contribution in [0.25, 0.3) is 22.3 Å². The Morgan fingerprint density at radius 1 is 0.680 bits per heavy atom. The van der Waals surface area contributed by atoms with Gasteiger partial charge in [0.05, 0.1) is 24.4 Å². The smallest absolute Gasteiger partial charge is 0.335 e. The zero-order valence-electron chi connectivity index (χ0n) is 28.1. The molecule has 10 heteroatoms. The van der Waals surface area contributed by atoms with Crippen molar-refractivity contribution in [3.05, 3.63) is 109 Å². The lowest BCUT2D eigenvalue weighted by molar-refractivity contribution is -0.141. The van der Waals surface area contributed by atoms with E-state index in [0.717, 1.165) is 60.4 Å². The maximum absolute atomic E-state index is 12.3. The summed E-state index contributed by atoms with van der Waals surface area (Å²) in [5.41, 5.74) is 5.15. The zero-order chi connectivity index (χ0) is 35.9. The molecule has 0 heterocycles. The van der Waals surface area contributed by atoms with E-state index in [1.54, 1.807) is 12.1 Å². The van der Waals surface area contributed by atoms with Crippen molar-refractivity contribution in [3.8, 4) is 33.8 Å². The minimum Gasteiger partial charge on any atom is -0.486 e. The molecule has 50 heavy (non-hydrogen) atoms. The third-order valence-corrected chi connectivity index (χ3v) is 8.70. The first-order chi connectivity index (χ1) is 24.2. The van der Waals surface area contributed by atoms with Crippen molar-refractivity contribution in [2.24, 2.45) is 5.92 Å². The number of hydrogen-bond donors (Lipinski definition) is 2. The molecule has 0 radical (unpaired) electrons. The number of halogens is 2. The van der Waals surface area contributed by atoms with Crippen LogP contribution in [0.3, 0.4) is 0 Å². The summed E-state index contributed by atoms with van der Waals surface area (Å²) in [6.45, 7) is 5.73. The van der Waals surface area contributed by atoms with Crippen molar-refractivity contribution >= 4 is 11.9 Å². The SMILES string of the molecule is C=C(CO)C(=O)OCCOc1ccc(-c2ccc(-c3ccc(C4CCC(CCC=C(F)F)CC4)cc3)cc2)cc1OCCOC(=O)C(=C)CO. The second-order valence-corrected chi connectivity index (χ2v) is 12.1. The number of benzene rings is 3. The Hall–Kier alpha value is -4.80. The van der Waals surface area contributed by atoms with Crippen LogP contribution in [0.5, 0.6) is 11.5 Å². The van der Waals surface area contributed by atoms with Gasteiger partial charge in [-0.15, -0.1) is 0 Å². The molecule has 1 saturated carbocycles. The van der Waals surface area contributed by atoms with Gasteiger partial charge in [-0.05, 0) is 96.4 Å². The lowest BCUT2D eigenvalue weighted by atomic mass is 9.77. The van der Waals surface area contributed by atoms with Crippen molar-refractivity contribution < 1.29 is 47.5 Å². The average molecular weight is 691 g/mol. The molecule has 1 fully saturated rings. The molecule has 0 saturated heterocycles. The van der Waals surface area contributed by atoms with Gasteiger partial charge >= 0.3 is 11.9 Å². The predicted octanol–water partition coefficient (Wildman–Crippen LogP) is 7.80. The van der Waals surface area contributed by atoms with E-state index in [1.165, 1.54) is 5.56 Å². The van der Waals surface area contributed by atoms with Gasteiger partial charge in [-0.2, -0.15) is 8.78 Å². The molecule has 3 aromatic rings. The highest BCUT2D eigenvalue weighted by Crippen LogP contribution is 2.39. The Balaban J connectivity index is 1.38. The first-order valence-electron chi connectivity index (χ1n) is 16.7. The summed E-state index contributed by atoms with van der Waals surface area (Å²) >= 11 is 0. The van der Waals surface area contributed by atoms with Crippen LogP contribution in [-0.4, -0.2) is 61.8 Å². The monoisotopic (exact) mass is 690 g/mol. The van der Waals surface area contributed by atoms with Crippen molar-refractivity contribution in [2.75, 3.05) is 39.6 Å². The van der Waals surface area contributed by atoms with Gasteiger partial charge < -0.3 is 29.2 Å². The molecule has 0 aliphatic heterocycles. The number of carbonyl (C=O) groups excluding carboxylic acids is 2. The van der Waals surface area contributed by atoms with E-state index in [2.05, 4.69) is 49.6 Å². The number of hydrogen-bond acceptors (Lipinski definition) is 8. The van der Waals surface area contributed by atoms with Gasteiger partial charge in [-0.25, -0.2) is 9.59 Å². The first kappa shape index (κ1) is 38.0. The second kappa shape index (κ2) is 19.4. The van der Waals surface area contributed by atoms with Crippen molar-refractivity contribution in [1.82, 2.24) is 0 Å². The van der Waals surface area contributed by atoms with Crippen molar-refractivity contribution in [3.63, 3.8) is 0 Å². The summed E-state index contributed by atoms with van der Waals surface area (Å²) in [4.78, 5) is 23.6. The van der Waals surface area contributed by atoms with Gasteiger partial charge in [-0.3, -0.25) is 0 Å². The third kappa shape index (κ3) is 11.4. The van der Waals surface area contributed by atoms with Crippen LogP contribution < -0.4 is 9.47 Å². The summed E-state index contributed by atoms with van der Waals surface area (Å²) in [5.74, 6) is 0.340. The van der Waals surface area contributed by atoms with Gasteiger partial charge in [0.25, 0.3) is 6.08 Å². The molecular weight excluding hydrogens is 646 g/mol. The Bertz CT molecular complexity index is 1620. The molecule has 1 aliphatic rings. The minimum atomic E-state index is -1.59. The lowest BCUT2D eigenvalue weighted by Gasteiger charge is -2.28. The van der Waals surface area contributed by atoms with E-state index in [4.69, 9.17) is 29.2 Å². The quantitative estimate of drug-likeness (QED) is 0.0791. The highest BCUT2D eigenvalue weighted by Gasteiger charge is 2.22. The van der Waals surface area contributed by atoms with E-state index < -0.39 is 31.2 Å². The Morgan fingerprint density at radius 2 is 1.16 bits per heavy atom. The number of esters is 2. The fourth-order valence-electron chi connectivity index (χ4n) is 5.84. The van der Waals surface area contributed by atoms with Crippen LogP contribution in [0, 0.1) is 5.92 Å². The minimum absolute atomic E-state index is 0.00519. The third-order valence-electron chi connectivity index (χ3n) is 8.70. The molecule has 0 unspecified atom stereocenters. The molecule has 0 atom stereocenters. The number of ether oxygens (including phenoxy) is 4. The average Bonchev–Trinajstić information content (AvgIpc) is 3.14. The second-order valence-electron chi connectivity index (χ2n) is 12.1. The highest BCUT2D eigenvalue weighted by molar-refractivity contribution is 5.88. The molecule has 1 aliphatic carbocycles. The molecular formula is C40H44F2O8. The number of aliphatic hydroxyl groups is 2. The lowest BCUT2D eigenvalue weighted by Crippen LogP contribution is -2.16. The molecule has 2 N–H and O–H groups in total. The van der Waals surface area contributed by atoms with Gasteiger partial charge in [0.1, 0.15) is 26.4 Å². The van der Waals surface area contributed by atoms with E-state index >= 15 is 0 Å². The molecule has 4 rings (SSSR count). The summed E-state index contributed by atoms with van der Waals surface area (Å²) in [7, 11) is 0. The molecule has 266 valence electrons. The molecule has 0 aromatic heterocycles. The first-order valence-corrected chi connectivity index (χ1v) is 16.7. The van der Waals surface area contributed by atoms with Crippen LogP contribution >= 0.6 is 0 Å². The molecule has 0 amide bonds. The summed E-state index contributed by atoms with van der Waals surface area (Å²) in [6.07, 6.45) is 5.02. The fraction of sp³-hybridized carbons (Fsp3) is 0.350. The maximum atomic E-state index is 12.3. The Morgan fingerprint density at radius 3 is 1.68 bits per heavy atom. The number of carbonyl (C=O) groups is 2. The molecule has 0 spiro atoms. The van der Waals surface area contributed by atoms with Crippen molar-refractivity contribution in [2.45, 2.75) is 44.4 Å². The van der Waals surface area contributed by atoms with Crippen LogP contribution in [0.15, 0.2) is 103 Å². The molecule has 8 nitrogen and oxygen atoms in total. The predicted molar refractivity (Wildman–Crippen MR) is 187 cm³/mol. The van der Waals surface area contributed by atoms with E-state index in [9.17, 15) is 18.4 Å². The van der Waals surface area contributed by atoms with Gasteiger partial charge in [0.2, 0.25) is 0 Å². The number of aliphatic hydroxyl groups excluding tert-OH is 2. The summed E-state index contributed by atoms with van der Waals surface area (Å²) < 4.78 is 46.5. The van der Waals surface area contributed by atoms with Gasteiger partial charge in [0, 0.05) is 0 Å². The van der Waals surface area contributed by atoms with Crippen molar-refractivity contribution in [1.29, 1.82) is 0 Å². The Labute approximate surface area is 291 Å². The molecule has 3 aromatic carbocycles. The standard InChI is InChI=1S/C40H44F2O8/c1-27(25-43)39(45)49-22-20-47-36-19-18-35(24-37(36)48-21-23-50-40(46)28(2)26-44)34-16-14-33(15-17-34)32-12-10-31(11-13-32)30-8-6-29(7-9-30)4-3-5-38(41)42/h5,10-19,24,29-30,43-44H,1-4,6-9,20-23,25-26H2. The van der Waals surface area contributed by atoms with Crippen LogP contribution in [-0.2, 0) is 19.1 Å². The largest absolute Gasteiger partial charge is 0.486 e. The van der Waals surface area contributed by atoms with Gasteiger partial charge in [-0.1, -0.05) is 67.8 Å². The zero-order valence-corrected chi connectivity index (χ0v) is 28.1. The van der Waals surface area contributed by atoms with Gasteiger partial charge in [0.15, 0.2) is 11.5 Å². The van der Waals surface area contributed by atoms with E-state index in [-0.39, 0.29) is 37.6 Å². The van der Waals surface area contributed by atoms with E-state index in [0.29, 0.717) is 29.8 Å². The maximum Gasteiger partial charge on any atom is 0.335 e. The van der Waals surface area contributed by atoms with Crippen LogP contribution in [0.1, 0.15) is 50.0 Å². The Kier molecular flexibility index (Phi) is 14.8. The van der Waals surface area contributed by atoms with Crippen LogP contribution in [0.2, 0.25) is 0 Å². The normalized spacial score (nSPS) is 15.4. The van der Waals surface area contributed by atoms with Crippen LogP contribution in [0.4, 0.5) is 8.78 Å². The van der Waals surface area contributed by atoms with E-state index in [1.807, 2.05) is 18.2 Å². The fourth-order valence-corrected chi connectivity index (χ4v) is 5.84. The number of rotatable bonds is 18. The topological polar surface area (TPSA) is 112 Å². The molecule has 0 bridgehead atoms. The highest BCUT2D eigenvalue weighted by atomic mass is 19.3.